The first-order valence-corrected chi connectivity index (χ1v) is 8.19. The van der Waals surface area contributed by atoms with Gasteiger partial charge in [0.05, 0.1) is 25.0 Å². The van der Waals surface area contributed by atoms with Gasteiger partial charge < -0.3 is 15.0 Å². The minimum atomic E-state index is 0.639. The molecule has 0 spiro atoms. The molecule has 0 amide bonds. The Bertz CT molecular complexity index is 561. The van der Waals surface area contributed by atoms with Gasteiger partial charge in [0, 0.05) is 17.6 Å². The van der Waals surface area contributed by atoms with E-state index in [-0.39, 0.29) is 0 Å². The van der Waals surface area contributed by atoms with Crippen molar-refractivity contribution in [3.05, 3.63) is 40.8 Å². The second-order valence-corrected chi connectivity index (χ2v) is 6.38. The van der Waals surface area contributed by atoms with Crippen molar-refractivity contribution in [2.45, 2.75) is 19.4 Å². The van der Waals surface area contributed by atoms with E-state index in [4.69, 9.17) is 4.74 Å². The molecule has 0 bridgehead atoms. The van der Waals surface area contributed by atoms with E-state index in [1.54, 1.807) is 0 Å². The third kappa shape index (κ3) is 4.15. The summed E-state index contributed by atoms with van der Waals surface area (Å²) >= 11 is 3.45. The molecule has 2 heterocycles. The van der Waals surface area contributed by atoms with Gasteiger partial charge in [-0.2, -0.15) is 0 Å². The molecule has 1 atom stereocenters. The molecule has 1 aromatic carbocycles. The second-order valence-electron chi connectivity index (χ2n) is 5.46. The van der Waals surface area contributed by atoms with Crippen molar-refractivity contribution in [1.29, 1.82) is 0 Å². The zero-order valence-electron chi connectivity index (χ0n) is 11.9. The average molecular weight is 350 g/mol. The van der Waals surface area contributed by atoms with Crippen LogP contribution in [0.1, 0.15) is 18.7 Å². The Morgan fingerprint density at radius 2 is 2.19 bits per heavy atom. The van der Waals surface area contributed by atoms with Crippen molar-refractivity contribution < 1.29 is 4.74 Å². The maximum atomic E-state index is 5.49. The number of hydrogen-bond donors (Lipinski definition) is 2. The highest BCUT2D eigenvalue weighted by Gasteiger charge is 2.13. The van der Waals surface area contributed by atoms with E-state index in [9.17, 15) is 0 Å². The van der Waals surface area contributed by atoms with Gasteiger partial charge in [0.25, 0.3) is 0 Å². The summed E-state index contributed by atoms with van der Waals surface area (Å²) in [6, 6.07) is 8.23. The number of H-pyrrole nitrogens is 1. The molecule has 1 saturated heterocycles. The van der Waals surface area contributed by atoms with Crippen LogP contribution in [0.15, 0.2) is 34.9 Å². The molecule has 1 fully saturated rings. The lowest BCUT2D eigenvalue weighted by atomic mass is 10.0. The van der Waals surface area contributed by atoms with E-state index in [2.05, 4.69) is 43.3 Å². The largest absolute Gasteiger partial charge is 0.381 e. The molecule has 4 nitrogen and oxygen atoms in total. The summed E-state index contributed by atoms with van der Waals surface area (Å²) in [4.78, 5) is 7.80. The highest BCUT2D eigenvalue weighted by Crippen LogP contribution is 2.20. The van der Waals surface area contributed by atoms with Crippen LogP contribution < -0.4 is 5.32 Å². The molecule has 3 rings (SSSR count). The van der Waals surface area contributed by atoms with Crippen LogP contribution in [0, 0.1) is 5.92 Å². The van der Waals surface area contributed by atoms with E-state index in [1.807, 2.05) is 18.3 Å². The molecular formula is C16H20BrN3O. The molecule has 0 radical (unpaired) electrons. The first-order chi connectivity index (χ1) is 10.3. The molecule has 5 heteroatoms. The summed E-state index contributed by atoms with van der Waals surface area (Å²) in [6.07, 6.45) is 4.33. The van der Waals surface area contributed by atoms with Gasteiger partial charge in [-0.05, 0) is 36.5 Å². The van der Waals surface area contributed by atoms with Crippen LogP contribution in [0.2, 0.25) is 0 Å². The molecule has 0 saturated carbocycles. The van der Waals surface area contributed by atoms with Crippen molar-refractivity contribution in [2.75, 3.05) is 19.8 Å². The fraction of sp³-hybridized carbons (Fsp3) is 0.438. The van der Waals surface area contributed by atoms with Gasteiger partial charge in [0.1, 0.15) is 5.82 Å². The lowest BCUT2D eigenvalue weighted by Gasteiger charge is -2.21. The molecular weight excluding hydrogens is 330 g/mol. The number of ether oxygens (including phenoxy) is 1. The number of nitrogens with zero attached hydrogens (tertiary/aromatic N) is 1. The molecule has 1 aliphatic heterocycles. The number of aromatic nitrogens is 2. The van der Waals surface area contributed by atoms with Crippen LogP contribution in [0.4, 0.5) is 0 Å². The Morgan fingerprint density at radius 3 is 2.95 bits per heavy atom. The van der Waals surface area contributed by atoms with Crippen LogP contribution in [-0.2, 0) is 11.3 Å². The van der Waals surface area contributed by atoms with Crippen molar-refractivity contribution >= 4 is 15.9 Å². The Morgan fingerprint density at radius 1 is 1.33 bits per heavy atom. The van der Waals surface area contributed by atoms with E-state index in [0.717, 1.165) is 47.9 Å². The summed E-state index contributed by atoms with van der Waals surface area (Å²) in [6.45, 7) is 3.57. The van der Waals surface area contributed by atoms with Gasteiger partial charge >= 0.3 is 0 Å². The predicted octanol–water partition coefficient (Wildman–Crippen LogP) is 3.36. The minimum absolute atomic E-state index is 0.639. The highest BCUT2D eigenvalue weighted by atomic mass is 79.9. The first kappa shape index (κ1) is 14.8. The van der Waals surface area contributed by atoms with Crippen molar-refractivity contribution in [3.63, 3.8) is 0 Å². The van der Waals surface area contributed by atoms with Crippen molar-refractivity contribution in [2.24, 2.45) is 5.92 Å². The van der Waals surface area contributed by atoms with Gasteiger partial charge in [0.15, 0.2) is 0 Å². The minimum Gasteiger partial charge on any atom is -0.381 e. The zero-order chi connectivity index (χ0) is 14.5. The summed E-state index contributed by atoms with van der Waals surface area (Å²) in [5.41, 5.74) is 2.21. The maximum absolute atomic E-state index is 5.49. The van der Waals surface area contributed by atoms with Gasteiger partial charge in [-0.25, -0.2) is 4.98 Å². The molecule has 0 aliphatic carbocycles. The fourth-order valence-electron chi connectivity index (χ4n) is 2.59. The maximum Gasteiger partial charge on any atom is 0.120 e. The molecule has 1 unspecified atom stereocenters. The van der Waals surface area contributed by atoms with E-state index in [0.29, 0.717) is 5.92 Å². The number of imidazole rings is 1. The summed E-state index contributed by atoms with van der Waals surface area (Å²) in [5, 5.41) is 3.46. The number of aromatic amines is 1. The van der Waals surface area contributed by atoms with Crippen LogP contribution >= 0.6 is 15.9 Å². The zero-order valence-corrected chi connectivity index (χ0v) is 13.5. The Kier molecular flexibility index (Phi) is 5.06. The summed E-state index contributed by atoms with van der Waals surface area (Å²) in [5.74, 6) is 1.62. The number of rotatable bonds is 5. The smallest absolute Gasteiger partial charge is 0.120 e. The predicted molar refractivity (Wildman–Crippen MR) is 87.0 cm³/mol. The van der Waals surface area contributed by atoms with Crippen molar-refractivity contribution in [1.82, 2.24) is 15.3 Å². The van der Waals surface area contributed by atoms with E-state index >= 15 is 0 Å². The lowest BCUT2D eigenvalue weighted by molar-refractivity contribution is 0.0547. The second kappa shape index (κ2) is 7.20. The average Bonchev–Trinajstić information content (AvgIpc) is 2.98. The number of nitrogens with one attached hydrogen (secondary N) is 2. The third-order valence-corrected chi connectivity index (χ3v) is 4.29. The number of halogens is 1. The van der Waals surface area contributed by atoms with E-state index in [1.165, 1.54) is 12.8 Å². The normalized spacial score (nSPS) is 18.8. The molecule has 1 aliphatic rings. The molecule has 1 aromatic heterocycles. The Hall–Kier alpha value is -1.17. The number of benzene rings is 1. The van der Waals surface area contributed by atoms with Gasteiger partial charge in [-0.1, -0.05) is 28.1 Å². The molecule has 2 N–H and O–H groups in total. The monoisotopic (exact) mass is 349 g/mol. The van der Waals surface area contributed by atoms with E-state index < -0.39 is 0 Å². The molecule has 21 heavy (non-hydrogen) atoms. The van der Waals surface area contributed by atoms with Gasteiger partial charge in [-0.3, -0.25) is 0 Å². The van der Waals surface area contributed by atoms with Gasteiger partial charge in [0.2, 0.25) is 0 Å². The lowest BCUT2D eigenvalue weighted by Crippen LogP contribution is -2.29. The summed E-state index contributed by atoms with van der Waals surface area (Å²) in [7, 11) is 0. The third-order valence-electron chi connectivity index (χ3n) is 3.76. The van der Waals surface area contributed by atoms with Crippen LogP contribution in [-0.4, -0.2) is 29.7 Å². The fourth-order valence-corrected chi connectivity index (χ4v) is 2.86. The van der Waals surface area contributed by atoms with Crippen LogP contribution in [0.25, 0.3) is 11.3 Å². The topological polar surface area (TPSA) is 49.9 Å². The standard InChI is InChI=1S/C16H20BrN3O/c17-14-5-3-13(4-6-14)15-9-19-16(20-15)10-18-8-12-2-1-7-21-11-12/h3-6,9,12,18H,1-2,7-8,10-11H2,(H,19,20). The number of hydrogen-bond acceptors (Lipinski definition) is 3. The quantitative estimate of drug-likeness (QED) is 0.870. The van der Waals surface area contributed by atoms with Crippen LogP contribution in [0.5, 0.6) is 0 Å². The van der Waals surface area contributed by atoms with Crippen LogP contribution in [0.3, 0.4) is 0 Å². The first-order valence-electron chi connectivity index (χ1n) is 7.39. The SMILES string of the molecule is Brc1ccc(-c2cnc(CNCC3CCCOC3)[nH]2)cc1. The Labute approximate surface area is 133 Å². The van der Waals surface area contributed by atoms with Crippen molar-refractivity contribution in [3.8, 4) is 11.3 Å². The van der Waals surface area contributed by atoms with Gasteiger partial charge in [-0.15, -0.1) is 0 Å². The molecule has 112 valence electrons. The Balaban J connectivity index is 1.51. The molecule has 2 aromatic rings. The highest BCUT2D eigenvalue weighted by molar-refractivity contribution is 9.10. The summed E-state index contributed by atoms with van der Waals surface area (Å²) < 4.78 is 6.57.